The second-order valence-corrected chi connectivity index (χ2v) is 5.90. The maximum Gasteiger partial charge on any atom is 0.324 e. The third-order valence-corrected chi connectivity index (χ3v) is 4.40. The molecule has 1 fully saturated rings. The van der Waals surface area contributed by atoms with E-state index >= 15 is 0 Å². The molecule has 1 aromatic heterocycles. The fourth-order valence-electron chi connectivity index (χ4n) is 2.26. The van der Waals surface area contributed by atoms with Crippen molar-refractivity contribution in [3.63, 3.8) is 0 Å². The van der Waals surface area contributed by atoms with Gasteiger partial charge in [-0.2, -0.15) is 0 Å². The van der Waals surface area contributed by atoms with Crippen LogP contribution in [0.25, 0.3) is 0 Å². The van der Waals surface area contributed by atoms with Crippen molar-refractivity contribution in [1.82, 2.24) is 4.90 Å². The largest absolute Gasteiger partial charge is 0.392 e. The van der Waals surface area contributed by atoms with E-state index in [1.165, 1.54) is 12.5 Å². The smallest absolute Gasteiger partial charge is 0.324 e. The number of nitro groups is 1. The first-order chi connectivity index (χ1) is 8.59. The first kappa shape index (κ1) is 13.4. The summed E-state index contributed by atoms with van der Waals surface area (Å²) in [6.07, 6.45) is 3.49. The lowest BCUT2D eigenvalue weighted by Crippen LogP contribution is -2.39. The van der Waals surface area contributed by atoms with Gasteiger partial charge in [0.2, 0.25) is 0 Å². The average molecular weight is 285 g/mol. The Balaban J connectivity index is 2.22. The second-order valence-electron chi connectivity index (χ2n) is 4.33. The minimum absolute atomic E-state index is 0.142. The highest BCUT2D eigenvalue weighted by atomic mass is 32.1. The Bertz CT molecular complexity index is 455. The van der Waals surface area contributed by atoms with Crippen LogP contribution in [-0.4, -0.2) is 27.9 Å². The van der Waals surface area contributed by atoms with Gasteiger partial charge < -0.3 is 5.73 Å². The van der Waals surface area contributed by atoms with Crippen LogP contribution in [0.5, 0.6) is 0 Å². The maximum absolute atomic E-state index is 10.7. The lowest BCUT2D eigenvalue weighted by Gasteiger charge is -2.33. The number of likely N-dealkylation sites (tertiary alicyclic amines) is 1. The Kier molecular flexibility index (Phi) is 4.26. The van der Waals surface area contributed by atoms with E-state index < -0.39 is 0 Å². The number of thiocarbonyl (C=S) groups is 1. The quantitative estimate of drug-likeness (QED) is 0.522. The van der Waals surface area contributed by atoms with Gasteiger partial charge in [0, 0.05) is 10.9 Å². The van der Waals surface area contributed by atoms with Crippen molar-refractivity contribution in [3.05, 3.63) is 27.1 Å². The molecule has 2 heterocycles. The van der Waals surface area contributed by atoms with Crippen molar-refractivity contribution in [2.75, 3.05) is 13.1 Å². The molecule has 0 spiro atoms. The highest BCUT2D eigenvalue weighted by molar-refractivity contribution is 7.80. The molecule has 1 atom stereocenters. The van der Waals surface area contributed by atoms with Gasteiger partial charge in [-0.25, -0.2) is 0 Å². The van der Waals surface area contributed by atoms with E-state index in [2.05, 4.69) is 4.90 Å². The molecule has 0 amide bonds. The van der Waals surface area contributed by atoms with E-state index in [-0.39, 0.29) is 16.0 Å². The number of hydrogen-bond acceptors (Lipinski definition) is 5. The third-order valence-electron chi connectivity index (χ3n) is 3.09. The maximum atomic E-state index is 10.7. The zero-order valence-corrected chi connectivity index (χ0v) is 11.5. The Labute approximate surface area is 115 Å². The van der Waals surface area contributed by atoms with Crippen LogP contribution in [0.15, 0.2) is 12.1 Å². The summed E-state index contributed by atoms with van der Waals surface area (Å²) >= 11 is 6.29. The molecule has 0 saturated carbocycles. The minimum atomic E-state index is -0.374. The fourth-order valence-corrected chi connectivity index (χ4v) is 3.59. The van der Waals surface area contributed by atoms with Crippen LogP contribution in [0.4, 0.5) is 5.00 Å². The van der Waals surface area contributed by atoms with Crippen molar-refractivity contribution in [2.45, 2.75) is 25.3 Å². The predicted octanol–water partition coefficient (Wildman–Crippen LogP) is 2.47. The summed E-state index contributed by atoms with van der Waals surface area (Å²) in [6.45, 7) is 1.90. The van der Waals surface area contributed by atoms with Gasteiger partial charge in [0.1, 0.15) is 0 Å². The van der Waals surface area contributed by atoms with E-state index in [0.29, 0.717) is 4.99 Å². The highest BCUT2D eigenvalue weighted by Gasteiger charge is 2.27. The summed E-state index contributed by atoms with van der Waals surface area (Å²) in [7, 11) is 0. The summed E-state index contributed by atoms with van der Waals surface area (Å²) in [6, 6.07) is 3.13. The predicted molar refractivity (Wildman–Crippen MR) is 75.9 cm³/mol. The molecule has 1 saturated heterocycles. The molecule has 1 aliphatic heterocycles. The molecule has 5 nitrogen and oxygen atoms in total. The standard InChI is InChI=1S/C11H15N3O2S2/c12-11(17)10(13-6-2-1-3-7-13)8-4-5-9(18-8)14(15)16/h4-5,10H,1-3,6-7H2,(H2,12,17). The number of nitrogens with two attached hydrogens (primary N) is 1. The summed E-state index contributed by atoms with van der Waals surface area (Å²) in [5, 5.41) is 10.9. The van der Waals surface area contributed by atoms with E-state index in [4.69, 9.17) is 18.0 Å². The number of nitrogens with zero attached hydrogens (tertiary/aromatic N) is 2. The number of rotatable bonds is 4. The van der Waals surface area contributed by atoms with Crippen LogP contribution >= 0.6 is 23.6 Å². The molecule has 0 bridgehead atoms. The Morgan fingerprint density at radius 1 is 1.44 bits per heavy atom. The second kappa shape index (κ2) is 5.73. The van der Waals surface area contributed by atoms with Gasteiger partial charge in [-0.05, 0) is 32.0 Å². The van der Waals surface area contributed by atoms with Crippen LogP contribution in [0, 0.1) is 10.1 Å². The van der Waals surface area contributed by atoms with Gasteiger partial charge in [0.05, 0.1) is 16.0 Å². The summed E-state index contributed by atoms with van der Waals surface area (Å²) in [5.41, 5.74) is 5.81. The Morgan fingerprint density at radius 3 is 2.61 bits per heavy atom. The van der Waals surface area contributed by atoms with Crippen LogP contribution in [0.2, 0.25) is 0 Å². The van der Waals surface area contributed by atoms with Crippen molar-refractivity contribution in [2.24, 2.45) is 5.73 Å². The van der Waals surface area contributed by atoms with Crippen molar-refractivity contribution in [1.29, 1.82) is 0 Å². The van der Waals surface area contributed by atoms with Gasteiger partial charge in [0.25, 0.3) is 0 Å². The van der Waals surface area contributed by atoms with E-state index in [0.717, 1.165) is 42.1 Å². The van der Waals surface area contributed by atoms with Gasteiger partial charge >= 0.3 is 5.00 Å². The molecule has 2 N–H and O–H groups in total. The number of hydrogen-bond donors (Lipinski definition) is 1. The van der Waals surface area contributed by atoms with Crippen LogP contribution < -0.4 is 5.73 Å². The molecule has 0 aromatic carbocycles. The zero-order valence-electron chi connectivity index (χ0n) is 9.87. The lowest BCUT2D eigenvalue weighted by molar-refractivity contribution is -0.380. The average Bonchev–Trinajstić information content (AvgIpc) is 2.79. The SMILES string of the molecule is NC(=S)C(c1ccc([N+](=O)[O-])s1)N1CCCCC1. The van der Waals surface area contributed by atoms with Crippen LogP contribution in [0.1, 0.15) is 30.2 Å². The van der Waals surface area contributed by atoms with Crippen LogP contribution in [0.3, 0.4) is 0 Å². The Morgan fingerprint density at radius 2 is 2.11 bits per heavy atom. The summed E-state index contributed by atoms with van der Waals surface area (Å²) in [4.78, 5) is 13.8. The van der Waals surface area contributed by atoms with Gasteiger partial charge in [-0.15, -0.1) is 0 Å². The van der Waals surface area contributed by atoms with Crippen molar-refractivity contribution in [3.8, 4) is 0 Å². The van der Waals surface area contributed by atoms with E-state index in [9.17, 15) is 10.1 Å². The van der Waals surface area contributed by atoms with Crippen molar-refractivity contribution < 1.29 is 4.92 Å². The number of thiophene rings is 1. The lowest BCUT2D eigenvalue weighted by atomic mass is 10.1. The van der Waals surface area contributed by atoms with E-state index in [1.807, 2.05) is 0 Å². The molecule has 0 aliphatic carbocycles. The van der Waals surface area contributed by atoms with Gasteiger partial charge in [0.15, 0.2) is 0 Å². The first-order valence-electron chi connectivity index (χ1n) is 5.87. The monoisotopic (exact) mass is 285 g/mol. The molecular formula is C11H15N3O2S2. The molecule has 98 valence electrons. The fraction of sp³-hybridized carbons (Fsp3) is 0.545. The van der Waals surface area contributed by atoms with E-state index in [1.54, 1.807) is 6.07 Å². The Hall–Kier alpha value is -1.05. The minimum Gasteiger partial charge on any atom is -0.392 e. The molecule has 1 aliphatic rings. The molecule has 0 radical (unpaired) electrons. The molecule has 1 unspecified atom stereocenters. The molecule has 2 rings (SSSR count). The zero-order chi connectivity index (χ0) is 13.1. The summed E-state index contributed by atoms with van der Waals surface area (Å²) < 4.78 is 0. The third kappa shape index (κ3) is 2.85. The topological polar surface area (TPSA) is 72.4 Å². The molecule has 18 heavy (non-hydrogen) atoms. The highest BCUT2D eigenvalue weighted by Crippen LogP contribution is 2.33. The first-order valence-corrected chi connectivity index (χ1v) is 7.09. The molecule has 1 aromatic rings. The molecular weight excluding hydrogens is 270 g/mol. The van der Waals surface area contributed by atoms with Gasteiger partial charge in [-0.3, -0.25) is 15.0 Å². The van der Waals surface area contributed by atoms with Crippen molar-refractivity contribution >= 4 is 33.5 Å². The van der Waals surface area contributed by atoms with Gasteiger partial charge in [-0.1, -0.05) is 30.0 Å². The summed E-state index contributed by atoms with van der Waals surface area (Å²) in [5.74, 6) is 0. The number of piperidine rings is 1. The van der Waals surface area contributed by atoms with Crippen LogP contribution in [-0.2, 0) is 0 Å². The normalized spacial score (nSPS) is 18.4. The molecule has 7 heteroatoms.